The SMILES string of the molecule is CC(C)(C)C(=O)N(c1cc(C2(S(=O)(=O)c3ccc(Cl)cc3)CCOCC2)ccc1F)C1CCC1. The van der Waals surface area contributed by atoms with Gasteiger partial charge in [0.1, 0.15) is 10.6 Å². The summed E-state index contributed by atoms with van der Waals surface area (Å²) in [5, 5.41) is 0.445. The minimum atomic E-state index is -3.87. The van der Waals surface area contributed by atoms with E-state index >= 15 is 4.39 Å². The monoisotopic (exact) mass is 507 g/mol. The van der Waals surface area contributed by atoms with Gasteiger partial charge in [-0.25, -0.2) is 12.8 Å². The molecule has 0 bridgehead atoms. The number of nitrogens with zero attached hydrogens (tertiary/aromatic N) is 1. The topological polar surface area (TPSA) is 63.7 Å². The van der Waals surface area contributed by atoms with Crippen molar-refractivity contribution in [2.24, 2.45) is 5.41 Å². The lowest BCUT2D eigenvalue weighted by Crippen LogP contribution is -2.49. The molecule has 1 aliphatic heterocycles. The quantitative estimate of drug-likeness (QED) is 0.506. The van der Waals surface area contributed by atoms with Crippen LogP contribution in [-0.2, 0) is 24.1 Å². The van der Waals surface area contributed by atoms with Crippen LogP contribution in [0.5, 0.6) is 0 Å². The summed E-state index contributed by atoms with van der Waals surface area (Å²) in [6.45, 7) is 5.98. The molecule has 2 aromatic carbocycles. The van der Waals surface area contributed by atoms with E-state index in [1.807, 2.05) is 20.8 Å². The van der Waals surface area contributed by atoms with Crippen molar-refractivity contribution in [1.82, 2.24) is 0 Å². The summed E-state index contributed by atoms with van der Waals surface area (Å²) in [6, 6.07) is 10.4. The average Bonchev–Trinajstić information content (AvgIpc) is 2.76. The fourth-order valence-electron chi connectivity index (χ4n) is 4.71. The second-order valence-electron chi connectivity index (χ2n) is 10.2. The molecule has 0 aromatic heterocycles. The van der Waals surface area contributed by atoms with Crippen LogP contribution in [0.3, 0.4) is 0 Å². The van der Waals surface area contributed by atoms with Gasteiger partial charge in [0.25, 0.3) is 0 Å². The first-order chi connectivity index (χ1) is 16.0. The summed E-state index contributed by atoms with van der Waals surface area (Å²) < 4.78 is 47.5. The molecule has 0 radical (unpaired) electrons. The van der Waals surface area contributed by atoms with Crippen molar-refractivity contribution >= 4 is 33.0 Å². The van der Waals surface area contributed by atoms with Gasteiger partial charge in [-0.1, -0.05) is 38.4 Å². The minimum Gasteiger partial charge on any atom is -0.381 e. The molecule has 184 valence electrons. The van der Waals surface area contributed by atoms with E-state index in [1.165, 1.54) is 24.3 Å². The van der Waals surface area contributed by atoms with Crippen LogP contribution in [0.2, 0.25) is 5.02 Å². The number of hydrogen-bond acceptors (Lipinski definition) is 4. The van der Waals surface area contributed by atoms with E-state index in [0.717, 1.165) is 19.3 Å². The van der Waals surface area contributed by atoms with Gasteiger partial charge in [-0.2, -0.15) is 0 Å². The van der Waals surface area contributed by atoms with Crippen LogP contribution in [0.4, 0.5) is 10.1 Å². The van der Waals surface area contributed by atoms with E-state index < -0.39 is 25.8 Å². The van der Waals surface area contributed by atoms with Crippen molar-refractivity contribution in [3.63, 3.8) is 0 Å². The fraction of sp³-hybridized carbons (Fsp3) is 0.500. The van der Waals surface area contributed by atoms with Crippen LogP contribution >= 0.6 is 11.6 Å². The Morgan fingerprint density at radius 2 is 1.71 bits per heavy atom. The third-order valence-corrected chi connectivity index (χ3v) is 9.79. The highest BCUT2D eigenvalue weighted by molar-refractivity contribution is 7.92. The molecule has 2 aromatic rings. The molecular weight excluding hydrogens is 477 g/mol. The molecule has 4 rings (SSSR count). The average molecular weight is 508 g/mol. The largest absolute Gasteiger partial charge is 0.381 e. The first-order valence-corrected chi connectivity index (χ1v) is 13.6. The molecule has 34 heavy (non-hydrogen) atoms. The molecule has 2 aliphatic rings. The Morgan fingerprint density at radius 3 is 2.24 bits per heavy atom. The van der Waals surface area contributed by atoms with Gasteiger partial charge in [0.15, 0.2) is 9.84 Å². The number of anilines is 1. The summed E-state index contributed by atoms with van der Waals surface area (Å²) in [5.74, 6) is -0.700. The van der Waals surface area contributed by atoms with E-state index in [4.69, 9.17) is 16.3 Å². The van der Waals surface area contributed by atoms with E-state index in [2.05, 4.69) is 0 Å². The van der Waals surface area contributed by atoms with Crippen LogP contribution in [0.25, 0.3) is 0 Å². The Kier molecular flexibility index (Phi) is 6.84. The molecule has 0 N–H and O–H groups in total. The van der Waals surface area contributed by atoms with Crippen molar-refractivity contribution in [2.45, 2.75) is 68.6 Å². The number of halogens is 2. The Bertz CT molecular complexity index is 1160. The molecule has 0 spiro atoms. The summed E-state index contributed by atoms with van der Waals surface area (Å²) in [6.07, 6.45) is 3.05. The predicted octanol–water partition coefficient (Wildman–Crippen LogP) is 5.89. The number of amides is 1. The summed E-state index contributed by atoms with van der Waals surface area (Å²) in [7, 11) is -3.87. The van der Waals surface area contributed by atoms with E-state index in [1.54, 1.807) is 23.1 Å². The number of ether oxygens (including phenoxy) is 1. The Labute approximate surface area is 206 Å². The number of rotatable bonds is 5. The molecule has 1 heterocycles. The number of carbonyl (C=O) groups is 1. The van der Waals surface area contributed by atoms with Gasteiger partial charge in [-0.15, -0.1) is 0 Å². The van der Waals surface area contributed by atoms with Gasteiger partial charge in [0.05, 0.1) is 10.6 Å². The van der Waals surface area contributed by atoms with Crippen LogP contribution in [0, 0.1) is 11.2 Å². The van der Waals surface area contributed by atoms with Crippen molar-refractivity contribution in [3.05, 3.63) is 58.9 Å². The van der Waals surface area contributed by atoms with E-state index in [0.29, 0.717) is 10.6 Å². The zero-order valence-corrected chi connectivity index (χ0v) is 21.4. The first kappa shape index (κ1) is 25.1. The maximum atomic E-state index is 15.3. The second-order valence-corrected chi connectivity index (χ2v) is 12.9. The summed E-state index contributed by atoms with van der Waals surface area (Å²) >= 11 is 5.99. The molecule has 1 saturated carbocycles. The van der Waals surface area contributed by atoms with Crippen LogP contribution in [0.1, 0.15) is 58.4 Å². The lowest BCUT2D eigenvalue weighted by Gasteiger charge is -2.42. The lowest BCUT2D eigenvalue weighted by molar-refractivity contribution is -0.126. The maximum Gasteiger partial charge on any atom is 0.232 e. The highest BCUT2D eigenvalue weighted by atomic mass is 35.5. The maximum absolute atomic E-state index is 15.3. The number of carbonyl (C=O) groups excluding carboxylic acids is 1. The Hall–Kier alpha value is -1.96. The second kappa shape index (κ2) is 9.25. The van der Waals surface area contributed by atoms with Crippen molar-refractivity contribution in [2.75, 3.05) is 18.1 Å². The van der Waals surface area contributed by atoms with Gasteiger partial charge >= 0.3 is 0 Å². The fourth-order valence-corrected chi connectivity index (χ4v) is 6.92. The van der Waals surface area contributed by atoms with Gasteiger partial charge in [-0.05, 0) is 74.1 Å². The summed E-state index contributed by atoms with van der Waals surface area (Å²) in [4.78, 5) is 15.1. The summed E-state index contributed by atoms with van der Waals surface area (Å²) in [5.41, 5.74) is -0.0727. The van der Waals surface area contributed by atoms with Gasteiger partial charge < -0.3 is 9.64 Å². The normalized spacial score (nSPS) is 18.9. The highest BCUT2D eigenvalue weighted by Crippen LogP contribution is 2.46. The third kappa shape index (κ3) is 4.38. The molecular formula is C26H31ClFNO4S. The molecule has 1 aliphatic carbocycles. The zero-order valence-electron chi connectivity index (χ0n) is 19.8. The number of hydrogen-bond donors (Lipinski definition) is 0. The van der Waals surface area contributed by atoms with Gasteiger partial charge in [0, 0.05) is 29.7 Å². The van der Waals surface area contributed by atoms with E-state index in [-0.39, 0.29) is 48.6 Å². The standard InChI is InChI=1S/C26H31ClFNO4S/c1-25(2,3)24(30)29(20-5-4-6-20)23-17-18(7-12-22(23)28)26(13-15-33-16-14-26)34(31,32)21-10-8-19(27)9-11-21/h7-12,17,20H,4-6,13-16H2,1-3H3. The predicted molar refractivity (Wildman–Crippen MR) is 131 cm³/mol. The minimum absolute atomic E-state index is 0.0880. The Balaban J connectivity index is 1.87. The van der Waals surface area contributed by atoms with Crippen molar-refractivity contribution in [1.29, 1.82) is 0 Å². The molecule has 8 heteroatoms. The first-order valence-electron chi connectivity index (χ1n) is 11.7. The molecule has 2 fully saturated rings. The van der Waals surface area contributed by atoms with Gasteiger partial charge in [0.2, 0.25) is 5.91 Å². The van der Waals surface area contributed by atoms with Crippen LogP contribution in [-0.4, -0.2) is 33.6 Å². The lowest BCUT2D eigenvalue weighted by atomic mass is 9.85. The highest BCUT2D eigenvalue weighted by Gasteiger charge is 2.48. The molecule has 0 atom stereocenters. The third-order valence-electron chi connectivity index (χ3n) is 6.97. The van der Waals surface area contributed by atoms with Crippen molar-refractivity contribution < 1.29 is 22.3 Å². The molecule has 5 nitrogen and oxygen atoms in total. The van der Waals surface area contributed by atoms with E-state index in [9.17, 15) is 13.2 Å². The Morgan fingerprint density at radius 1 is 1.09 bits per heavy atom. The molecule has 1 amide bonds. The molecule has 0 unspecified atom stereocenters. The number of sulfone groups is 1. The van der Waals surface area contributed by atoms with Gasteiger partial charge in [-0.3, -0.25) is 4.79 Å². The molecule has 1 saturated heterocycles. The van der Waals surface area contributed by atoms with Crippen LogP contribution < -0.4 is 4.90 Å². The smallest absolute Gasteiger partial charge is 0.232 e. The number of benzene rings is 2. The zero-order chi connectivity index (χ0) is 24.7. The van der Waals surface area contributed by atoms with Crippen molar-refractivity contribution in [3.8, 4) is 0 Å². The van der Waals surface area contributed by atoms with Crippen LogP contribution in [0.15, 0.2) is 47.4 Å².